The van der Waals surface area contributed by atoms with Gasteiger partial charge in [0.2, 0.25) is 0 Å². The Morgan fingerprint density at radius 1 is 0.929 bits per heavy atom. The summed E-state index contributed by atoms with van der Waals surface area (Å²) in [5.74, 6) is 0.397. The maximum Gasteiger partial charge on any atom is 0.163 e. The first kappa shape index (κ1) is 17.5. The van der Waals surface area contributed by atoms with Gasteiger partial charge in [-0.2, -0.15) is 0 Å². The number of rotatable bonds is 2. The number of ketones is 1. The SMILES string of the molecule is O=C1C[C@H](c2cccs2)CC2=C1[C@H](c1ccccc1Cl)Nc1ccccc1N2. The van der Waals surface area contributed by atoms with Crippen molar-refractivity contribution in [1.29, 1.82) is 0 Å². The lowest BCUT2D eigenvalue weighted by atomic mass is 9.81. The zero-order valence-electron chi connectivity index (χ0n) is 15.1. The molecule has 3 aromatic rings. The van der Waals surface area contributed by atoms with Crippen LogP contribution in [0.3, 0.4) is 0 Å². The fourth-order valence-electron chi connectivity index (χ4n) is 4.16. The van der Waals surface area contributed by atoms with Gasteiger partial charge in [-0.05, 0) is 41.6 Å². The summed E-state index contributed by atoms with van der Waals surface area (Å²) >= 11 is 8.26. The third-order valence-corrected chi connectivity index (χ3v) is 6.85. The van der Waals surface area contributed by atoms with Crippen LogP contribution in [0.5, 0.6) is 0 Å². The first-order chi connectivity index (χ1) is 13.7. The van der Waals surface area contributed by atoms with Crippen LogP contribution in [0.2, 0.25) is 5.02 Å². The van der Waals surface area contributed by atoms with Gasteiger partial charge in [-0.15, -0.1) is 11.3 Å². The van der Waals surface area contributed by atoms with Gasteiger partial charge in [0.25, 0.3) is 0 Å². The number of nitrogens with one attached hydrogen (secondary N) is 2. The molecule has 0 unspecified atom stereocenters. The lowest BCUT2D eigenvalue weighted by molar-refractivity contribution is -0.116. The van der Waals surface area contributed by atoms with Crippen molar-refractivity contribution in [3.8, 4) is 0 Å². The van der Waals surface area contributed by atoms with Crippen molar-refractivity contribution in [3.63, 3.8) is 0 Å². The van der Waals surface area contributed by atoms with Gasteiger partial charge >= 0.3 is 0 Å². The van der Waals surface area contributed by atoms with E-state index in [2.05, 4.69) is 28.1 Å². The molecular formula is C23H19ClN2OS. The number of anilines is 2. The molecule has 2 atom stereocenters. The van der Waals surface area contributed by atoms with Gasteiger partial charge in [0.05, 0.1) is 17.4 Å². The Bertz CT molecular complexity index is 1070. The molecule has 0 radical (unpaired) electrons. The van der Waals surface area contributed by atoms with Crippen LogP contribution in [0.15, 0.2) is 77.3 Å². The van der Waals surface area contributed by atoms with Crippen molar-refractivity contribution >= 4 is 40.1 Å². The number of thiophene rings is 1. The van der Waals surface area contributed by atoms with Crippen LogP contribution in [0, 0.1) is 0 Å². The van der Waals surface area contributed by atoms with Crippen LogP contribution in [0.25, 0.3) is 0 Å². The van der Waals surface area contributed by atoms with Gasteiger partial charge in [-0.1, -0.05) is 48.0 Å². The Hall–Kier alpha value is -2.56. The Morgan fingerprint density at radius 3 is 2.50 bits per heavy atom. The van der Waals surface area contributed by atoms with E-state index in [-0.39, 0.29) is 17.7 Å². The molecular weight excluding hydrogens is 388 g/mol. The lowest BCUT2D eigenvalue weighted by Gasteiger charge is -2.29. The lowest BCUT2D eigenvalue weighted by Crippen LogP contribution is -2.26. The minimum absolute atomic E-state index is 0.178. The zero-order valence-corrected chi connectivity index (χ0v) is 16.7. The first-order valence-corrected chi connectivity index (χ1v) is 10.6. The number of para-hydroxylation sites is 2. The Labute approximate surface area is 173 Å². The Kier molecular flexibility index (Phi) is 4.46. The number of hydrogen-bond donors (Lipinski definition) is 2. The van der Waals surface area contributed by atoms with Crippen molar-refractivity contribution < 1.29 is 4.79 Å². The summed E-state index contributed by atoms with van der Waals surface area (Å²) in [5, 5.41) is 9.88. The molecule has 2 aromatic carbocycles. The maximum atomic E-state index is 13.4. The zero-order chi connectivity index (χ0) is 19.1. The summed E-state index contributed by atoms with van der Waals surface area (Å²) < 4.78 is 0. The van der Waals surface area contributed by atoms with Crippen molar-refractivity contribution in [2.45, 2.75) is 24.8 Å². The molecule has 1 aliphatic carbocycles. The molecule has 0 bridgehead atoms. The monoisotopic (exact) mass is 406 g/mol. The Balaban J connectivity index is 1.65. The molecule has 1 aliphatic heterocycles. The quantitative estimate of drug-likeness (QED) is 0.518. The molecule has 0 saturated heterocycles. The van der Waals surface area contributed by atoms with E-state index in [0.29, 0.717) is 11.4 Å². The third kappa shape index (κ3) is 3.03. The van der Waals surface area contributed by atoms with Crippen molar-refractivity contribution in [2.75, 3.05) is 10.6 Å². The van der Waals surface area contributed by atoms with Crippen LogP contribution in [0.1, 0.15) is 35.2 Å². The van der Waals surface area contributed by atoms with E-state index < -0.39 is 0 Å². The summed E-state index contributed by atoms with van der Waals surface area (Å²) in [4.78, 5) is 14.6. The van der Waals surface area contributed by atoms with E-state index in [1.807, 2.05) is 48.5 Å². The molecule has 0 fully saturated rings. The molecule has 2 aliphatic rings. The number of allylic oxidation sites excluding steroid dienone is 1. The third-order valence-electron chi connectivity index (χ3n) is 5.47. The van der Waals surface area contributed by atoms with Crippen LogP contribution in [-0.2, 0) is 4.79 Å². The van der Waals surface area contributed by atoms with Crippen molar-refractivity contribution in [2.24, 2.45) is 0 Å². The summed E-state index contributed by atoms with van der Waals surface area (Å²) in [5.41, 5.74) is 4.69. The standard InChI is InChI=1S/C23H19ClN2OS/c24-16-7-2-1-6-15(16)23-22-19(25-17-8-3-4-9-18(17)26-23)12-14(13-20(22)27)21-10-5-11-28-21/h1-11,14,23,25-26H,12-13H2/t14-,23+/m1/s1. The minimum atomic E-state index is -0.267. The highest BCUT2D eigenvalue weighted by atomic mass is 35.5. The van der Waals surface area contributed by atoms with Gasteiger partial charge in [-0.3, -0.25) is 4.79 Å². The van der Waals surface area contributed by atoms with E-state index in [9.17, 15) is 4.79 Å². The molecule has 5 rings (SSSR count). The summed E-state index contributed by atoms with van der Waals surface area (Å²) in [6.45, 7) is 0. The van der Waals surface area contributed by atoms with E-state index >= 15 is 0 Å². The molecule has 5 heteroatoms. The van der Waals surface area contributed by atoms with Crippen molar-refractivity contribution in [3.05, 3.63) is 92.8 Å². The summed E-state index contributed by atoms with van der Waals surface area (Å²) in [6.07, 6.45) is 1.35. The summed E-state index contributed by atoms with van der Waals surface area (Å²) in [7, 11) is 0. The molecule has 2 N–H and O–H groups in total. The topological polar surface area (TPSA) is 41.1 Å². The van der Waals surface area contributed by atoms with Gasteiger partial charge < -0.3 is 10.6 Å². The van der Waals surface area contributed by atoms with Gasteiger partial charge in [0.15, 0.2) is 5.78 Å². The van der Waals surface area contributed by atoms with Gasteiger partial charge in [0, 0.05) is 33.5 Å². The first-order valence-electron chi connectivity index (χ1n) is 9.37. The highest BCUT2D eigenvalue weighted by Gasteiger charge is 2.36. The van der Waals surface area contributed by atoms with Gasteiger partial charge in [0.1, 0.15) is 0 Å². The number of benzene rings is 2. The molecule has 28 heavy (non-hydrogen) atoms. The van der Waals surface area contributed by atoms with Gasteiger partial charge in [-0.25, -0.2) is 0 Å². The van der Waals surface area contributed by atoms with Crippen molar-refractivity contribution in [1.82, 2.24) is 0 Å². The fraction of sp³-hybridized carbons (Fsp3) is 0.174. The molecule has 0 saturated carbocycles. The maximum absolute atomic E-state index is 13.4. The van der Waals surface area contributed by atoms with Crippen LogP contribution >= 0.6 is 22.9 Å². The highest BCUT2D eigenvalue weighted by molar-refractivity contribution is 7.10. The number of hydrogen-bond acceptors (Lipinski definition) is 4. The number of halogens is 1. The number of carbonyl (C=O) groups is 1. The number of Topliss-reactive ketones (excluding diaryl/α,β-unsaturated/α-hetero) is 1. The van der Waals surface area contributed by atoms with E-state index in [1.165, 1.54) is 4.88 Å². The normalized spacial score (nSPS) is 21.2. The Morgan fingerprint density at radius 2 is 1.71 bits per heavy atom. The predicted molar refractivity (Wildman–Crippen MR) is 116 cm³/mol. The second-order valence-corrected chi connectivity index (χ2v) is 8.59. The molecule has 0 spiro atoms. The molecule has 2 heterocycles. The molecule has 140 valence electrons. The average molecular weight is 407 g/mol. The number of fused-ring (bicyclic) bond motifs is 1. The predicted octanol–water partition coefficient (Wildman–Crippen LogP) is 6.38. The second-order valence-electron chi connectivity index (χ2n) is 7.21. The fourth-order valence-corrected chi connectivity index (χ4v) is 5.23. The summed E-state index contributed by atoms with van der Waals surface area (Å²) in [6, 6.07) is 19.8. The highest BCUT2D eigenvalue weighted by Crippen LogP contribution is 2.45. The van der Waals surface area contributed by atoms with Crippen LogP contribution in [-0.4, -0.2) is 5.78 Å². The van der Waals surface area contributed by atoms with E-state index in [0.717, 1.165) is 34.6 Å². The smallest absolute Gasteiger partial charge is 0.163 e. The average Bonchev–Trinajstić information content (AvgIpc) is 3.17. The number of carbonyl (C=O) groups excluding carboxylic acids is 1. The van der Waals surface area contributed by atoms with Crippen LogP contribution < -0.4 is 10.6 Å². The van der Waals surface area contributed by atoms with E-state index in [1.54, 1.807) is 11.3 Å². The second kappa shape index (κ2) is 7.12. The van der Waals surface area contributed by atoms with E-state index in [4.69, 9.17) is 11.6 Å². The largest absolute Gasteiger partial charge is 0.372 e. The molecule has 1 aromatic heterocycles. The minimum Gasteiger partial charge on any atom is -0.372 e. The molecule has 3 nitrogen and oxygen atoms in total. The molecule has 0 amide bonds. The van der Waals surface area contributed by atoms with Crippen LogP contribution in [0.4, 0.5) is 11.4 Å².